The number of carbonyl (C=O) groups excluding carboxylic acids is 1. The first kappa shape index (κ1) is 18.8. The highest BCUT2D eigenvalue weighted by Gasteiger charge is 2.42. The molecule has 3 aromatic rings. The lowest BCUT2D eigenvalue weighted by atomic mass is 10.0. The van der Waals surface area contributed by atoms with E-state index in [2.05, 4.69) is 15.6 Å². The minimum Gasteiger partial charge on any atom is -0.488 e. The minimum absolute atomic E-state index is 0.163. The van der Waals surface area contributed by atoms with Gasteiger partial charge in [-0.05, 0) is 38.1 Å². The van der Waals surface area contributed by atoms with Gasteiger partial charge < -0.3 is 19.8 Å². The molecular formula is C19H19F2N3O3S. The smallest absolute Gasteiger partial charge is 0.280 e. The Bertz CT molecular complexity index is 988. The number of thiazole rings is 1. The number of amides is 1. The van der Waals surface area contributed by atoms with Crippen LogP contribution in [0.25, 0.3) is 11.0 Å². The average molecular weight is 407 g/mol. The Morgan fingerprint density at radius 2 is 2.36 bits per heavy atom. The topological polar surface area (TPSA) is 76.4 Å². The molecule has 2 aromatic heterocycles. The summed E-state index contributed by atoms with van der Waals surface area (Å²) in [5.41, 5.74) is 2.48. The van der Waals surface area contributed by atoms with Crippen LogP contribution in [0.1, 0.15) is 27.4 Å². The fourth-order valence-electron chi connectivity index (χ4n) is 3.28. The van der Waals surface area contributed by atoms with E-state index in [1.165, 1.54) is 11.3 Å². The van der Waals surface area contributed by atoms with Crippen molar-refractivity contribution in [1.82, 2.24) is 15.6 Å². The van der Waals surface area contributed by atoms with Gasteiger partial charge in [-0.25, -0.2) is 8.78 Å². The maximum Gasteiger partial charge on any atom is 0.280 e. The third-order valence-corrected chi connectivity index (χ3v) is 5.47. The summed E-state index contributed by atoms with van der Waals surface area (Å²) in [5, 5.41) is 5.67. The van der Waals surface area contributed by atoms with E-state index in [4.69, 9.17) is 9.15 Å². The van der Waals surface area contributed by atoms with E-state index in [0.29, 0.717) is 35.6 Å². The average Bonchev–Trinajstić information content (AvgIpc) is 3.28. The van der Waals surface area contributed by atoms with Crippen molar-refractivity contribution in [3.05, 3.63) is 46.1 Å². The number of aryl methyl sites for hydroxylation is 1. The highest BCUT2D eigenvalue weighted by atomic mass is 32.1. The molecule has 1 amide bonds. The Morgan fingerprint density at radius 1 is 1.50 bits per heavy atom. The number of hydrogen-bond donors (Lipinski definition) is 2. The van der Waals surface area contributed by atoms with Crippen molar-refractivity contribution in [2.75, 3.05) is 13.1 Å². The summed E-state index contributed by atoms with van der Waals surface area (Å²) in [7, 11) is 0. The van der Waals surface area contributed by atoms with E-state index in [1.54, 1.807) is 36.8 Å². The van der Waals surface area contributed by atoms with Crippen molar-refractivity contribution in [2.45, 2.75) is 31.9 Å². The highest BCUT2D eigenvalue weighted by Crippen LogP contribution is 2.31. The molecule has 2 N–H and O–H groups in total. The van der Waals surface area contributed by atoms with Gasteiger partial charge in [0.15, 0.2) is 0 Å². The van der Waals surface area contributed by atoms with E-state index in [1.807, 2.05) is 0 Å². The largest absolute Gasteiger partial charge is 0.488 e. The molecule has 28 heavy (non-hydrogen) atoms. The minimum atomic E-state index is -3.00. The third kappa shape index (κ3) is 3.72. The second kappa shape index (κ2) is 7.48. The number of nitrogens with one attached hydrogen (secondary N) is 2. The lowest BCUT2D eigenvalue weighted by molar-refractivity contribution is -0.0487. The summed E-state index contributed by atoms with van der Waals surface area (Å²) in [6.07, 6.45) is 1.89. The van der Waals surface area contributed by atoms with Crippen LogP contribution in [0.15, 0.2) is 34.3 Å². The van der Waals surface area contributed by atoms with Gasteiger partial charge >= 0.3 is 0 Å². The van der Waals surface area contributed by atoms with Gasteiger partial charge in [0.2, 0.25) is 0 Å². The fourth-order valence-corrected chi connectivity index (χ4v) is 3.79. The SMILES string of the molecule is Cc1oc2ccc(OCc3cncs3)cc2c1C(=O)NC1CCNCC1(F)F. The van der Waals surface area contributed by atoms with Gasteiger partial charge in [0.25, 0.3) is 11.8 Å². The van der Waals surface area contributed by atoms with Crippen LogP contribution in [0.3, 0.4) is 0 Å². The Balaban J connectivity index is 1.57. The zero-order valence-electron chi connectivity index (χ0n) is 15.1. The summed E-state index contributed by atoms with van der Waals surface area (Å²) < 4.78 is 39.5. The zero-order chi connectivity index (χ0) is 19.7. The molecule has 0 spiro atoms. The molecule has 1 saturated heterocycles. The summed E-state index contributed by atoms with van der Waals surface area (Å²) in [6, 6.07) is 3.94. The fraction of sp³-hybridized carbons (Fsp3) is 0.368. The van der Waals surface area contributed by atoms with E-state index < -0.39 is 24.4 Å². The summed E-state index contributed by atoms with van der Waals surface area (Å²) in [5.74, 6) is -2.63. The van der Waals surface area contributed by atoms with Gasteiger partial charge in [-0.15, -0.1) is 11.3 Å². The molecule has 0 aliphatic carbocycles. The number of piperidine rings is 1. The van der Waals surface area contributed by atoms with Crippen molar-refractivity contribution in [3.8, 4) is 5.75 Å². The van der Waals surface area contributed by atoms with E-state index in [9.17, 15) is 13.6 Å². The maximum atomic E-state index is 14.1. The maximum absolute atomic E-state index is 14.1. The number of alkyl halides is 2. The number of nitrogens with zero attached hydrogens (tertiary/aromatic N) is 1. The van der Waals surface area contributed by atoms with Gasteiger partial charge in [0.1, 0.15) is 23.7 Å². The zero-order valence-corrected chi connectivity index (χ0v) is 15.9. The molecular weight excluding hydrogens is 388 g/mol. The lowest BCUT2D eigenvalue weighted by Crippen LogP contribution is -2.57. The molecule has 0 saturated carbocycles. The number of benzene rings is 1. The molecule has 9 heteroatoms. The normalized spacial score (nSPS) is 18.9. The van der Waals surface area contributed by atoms with Gasteiger partial charge in [-0.3, -0.25) is 9.78 Å². The van der Waals surface area contributed by atoms with E-state index in [0.717, 1.165) is 4.88 Å². The predicted octanol–water partition coefficient (Wildman–Crippen LogP) is 3.50. The Hall–Kier alpha value is -2.52. The van der Waals surface area contributed by atoms with Crippen molar-refractivity contribution in [3.63, 3.8) is 0 Å². The van der Waals surface area contributed by atoms with Crippen molar-refractivity contribution < 1.29 is 22.7 Å². The van der Waals surface area contributed by atoms with Gasteiger partial charge in [0, 0.05) is 11.6 Å². The van der Waals surface area contributed by atoms with Crippen molar-refractivity contribution >= 4 is 28.2 Å². The molecule has 1 unspecified atom stereocenters. The van der Waals surface area contributed by atoms with Gasteiger partial charge in [-0.2, -0.15) is 0 Å². The first-order chi connectivity index (χ1) is 13.4. The summed E-state index contributed by atoms with van der Waals surface area (Å²) in [4.78, 5) is 17.7. The molecule has 1 atom stereocenters. The van der Waals surface area contributed by atoms with Crippen LogP contribution in [0, 0.1) is 6.92 Å². The number of rotatable bonds is 5. The standard InChI is InChI=1S/C19H19F2N3O3S/c1-11-17(18(25)24-16-4-5-22-9-19(16,20)21)14-6-12(2-3-15(14)27-11)26-8-13-7-23-10-28-13/h2-3,6-7,10,16,22H,4-5,8-9H2,1H3,(H,24,25). The molecule has 1 aromatic carbocycles. The quantitative estimate of drug-likeness (QED) is 0.677. The van der Waals surface area contributed by atoms with Crippen LogP contribution in [-0.4, -0.2) is 35.9 Å². The number of carbonyl (C=O) groups is 1. The number of furan rings is 1. The van der Waals surface area contributed by atoms with Crippen LogP contribution >= 0.6 is 11.3 Å². The Labute approximate surface area is 163 Å². The molecule has 6 nitrogen and oxygen atoms in total. The molecule has 1 aliphatic heterocycles. The van der Waals surface area contributed by atoms with Gasteiger partial charge in [0.05, 0.1) is 28.5 Å². The number of ether oxygens (including phenoxy) is 1. The summed E-state index contributed by atoms with van der Waals surface area (Å²) >= 11 is 1.48. The van der Waals surface area contributed by atoms with Crippen LogP contribution < -0.4 is 15.4 Å². The highest BCUT2D eigenvalue weighted by molar-refractivity contribution is 7.09. The van der Waals surface area contributed by atoms with Crippen molar-refractivity contribution in [1.29, 1.82) is 0 Å². The third-order valence-electron chi connectivity index (χ3n) is 4.71. The lowest BCUT2D eigenvalue weighted by Gasteiger charge is -2.32. The molecule has 0 bridgehead atoms. The molecule has 1 fully saturated rings. The number of aromatic nitrogens is 1. The number of halogens is 2. The predicted molar refractivity (Wildman–Crippen MR) is 101 cm³/mol. The summed E-state index contributed by atoms with van der Waals surface area (Å²) in [6.45, 7) is 1.99. The Kier molecular flexibility index (Phi) is 5.03. The van der Waals surface area contributed by atoms with Gasteiger partial charge in [-0.1, -0.05) is 0 Å². The monoisotopic (exact) mass is 407 g/mol. The molecule has 0 radical (unpaired) electrons. The van der Waals surface area contributed by atoms with E-state index in [-0.39, 0.29) is 12.0 Å². The first-order valence-electron chi connectivity index (χ1n) is 8.87. The first-order valence-corrected chi connectivity index (χ1v) is 9.75. The molecule has 4 rings (SSSR count). The van der Waals surface area contributed by atoms with Crippen LogP contribution in [-0.2, 0) is 6.61 Å². The van der Waals surface area contributed by atoms with Crippen molar-refractivity contribution in [2.24, 2.45) is 0 Å². The van der Waals surface area contributed by atoms with Crippen LogP contribution in [0.5, 0.6) is 5.75 Å². The molecule has 148 valence electrons. The number of hydrogen-bond acceptors (Lipinski definition) is 6. The Morgan fingerprint density at radius 3 is 3.11 bits per heavy atom. The second-order valence-electron chi connectivity index (χ2n) is 6.70. The number of fused-ring (bicyclic) bond motifs is 1. The van der Waals surface area contributed by atoms with Crippen LogP contribution in [0.4, 0.5) is 8.78 Å². The molecule has 3 heterocycles. The van der Waals surface area contributed by atoms with E-state index >= 15 is 0 Å². The molecule has 1 aliphatic rings. The second-order valence-corrected chi connectivity index (χ2v) is 7.67. The van der Waals surface area contributed by atoms with Crippen LogP contribution in [0.2, 0.25) is 0 Å².